The van der Waals surface area contributed by atoms with Crippen molar-refractivity contribution in [3.8, 4) is 0 Å². The molecule has 5 heteroatoms. The fraction of sp³-hybridized carbons (Fsp3) is 0.583. The summed E-state index contributed by atoms with van der Waals surface area (Å²) in [5.74, 6) is 2.61. The first kappa shape index (κ1) is 20.0. The normalized spacial score (nSPS) is 20.7. The number of aromatic nitrogens is 2. The van der Waals surface area contributed by atoms with Gasteiger partial charge in [-0.15, -0.1) is 0 Å². The maximum atomic E-state index is 4.86. The molecule has 2 aromatic rings. The lowest BCUT2D eigenvalue weighted by atomic mass is 9.99. The minimum atomic E-state index is 0.560. The largest absolute Gasteiger partial charge is 0.372 e. The van der Waals surface area contributed by atoms with Crippen LogP contribution in [0.5, 0.6) is 0 Å². The third kappa shape index (κ3) is 4.82. The van der Waals surface area contributed by atoms with Crippen LogP contribution in [0.25, 0.3) is 0 Å². The molecular formula is C24H35N5. The van der Waals surface area contributed by atoms with E-state index in [0.717, 1.165) is 55.1 Å². The number of hydrogen-bond donors (Lipinski definition) is 1. The van der Waals surface area contributed by atoms with Crippen molar-refractivity contribution in [2.45, 2.75) is 65.3 Å². The van der Waals surface area contributed by atoms with Gasteiger partial charge in [-0.3, -0.25) is 0 Å². The van der Waals surface area contributed by atoms with Gasteiger partial charge in [0.2, 0.25) is 5.95 Å². The van der Waals surface area contributed by atoms with Crippen LogP contribution in [0.1, 0.15) is 58.1 Å². The summed E-state index contributed by atoms with van der Waals surface area (Å²) >= 11 is 0. The summed E-state index contributed by atoms with van der Waals surface area (Å²) in [6.07, 6.45) is 7.52. The molecule has 3 heterocycles. The molecule has 0 spiro atoms. The van der Waals surface area contributed by atoms with Gasteiger partial charge < -0.3 is 15.1 Å². The lowest BCUT2D eigenvalue weighted by Crippen LogP contribution is -2.40. The smallest absolute Gasteiger partial charge is 0.227 e. The number of piperidine rings is 2. The summed E-state index contributed by atoms with van der Waals surface area (Å²) in [5.41, 5.74) is 3.41. The zero-order valence-electron chi connectivity index (χ0n) is 18.2. The molecule has 0 radical (unpaired) electrons. The van der Waals surface area contributed by atoms with E-state index in [4.69, 9.17) is 9.97 Å². The topological polar surface area (TPSA) is 44.3 Å². The van der Waals surface area contributed by atoms with E-state index in [1.54, 1.807) is 0 Å². The number of nitrogens with one attached hydrogen (secondary N) is 1. The van der Waals surface area contributed by atoms with Crippen molar-refractivity contribution in [3.05, 3.63) is 36.0 Å². The maximum Gasteiger partial charge on any atom is 0.227 e. The third-order valence-electron chi connectivity index (χ3n) is 6.49. The fourth-order valence-corrected chi connectivity index (χ4v) is 4.60. The van der Waals surface area contributed by atoms with Crippen LogP contribution >= 0.6 is 0 Å². The van der Waals surface area contributed by atoms with E-state index in [1.807, 2.05) is 6.07 Å². The number of hydrogen-bond acceptors (Lipinski definition) is 5. The Kier molecular flexibility index (Phi) is 6.22. The Balaban J connectivity index is 1.47. The predicted octanol–water partition coefficient (Wildman–Crippen LogP) is 5.53. The van der Waals surface area contributed by atoms with Gasteiger partial charge in [0.15, 0.2) is 0 Å². The van der Waals surface area contributed by atoms with Gasteiger partial charge in [0.05, 0.1) is 0 Å². The molecule has 29 heavy (non-hydrogen) atoms. The van der Waals surface area contributed by atoms with E-state index in [2.05, 4.69) is 60.2 Å². The molecule has 0 saturated carbocycles. The molecule has 1 unspecified atom stereocenters. The van der Waals surface area contributed by atoms with E-state index in [-0.39, 0.29) is 0 Å². The first-order valence-corrected chi connectivity index (χ1v) is 11.4. The molecule has 0 aliphatic carbocycles. The van der Waals surface area contributed by atoms with Crippen molar-refractivity contribution in [1.82, 2.24) is 9.97 Å². The Labute approximate surface area is 175 Å². The van der Waals surface area contributed by atoms with Crippen LogP contribution in [0.15, 0.2) is 30.3 Å². The molecule has 2 aliphatic rings. The summed E-state index contributed by atoms with van der Waals surface area (Å²) < 4.78 is 0. The molecule has 2 aliphatic heterocycles. The Morgan fingerprint density at radius 2 is 1.76 bits per heavy atom. The third-order valence-corrected chi connectivity index (χ3v) is 6.49. The van der Waals surface area contributed by atoms with Crippen molar-refractivity contribution < 1.29 is 0 Å². The highest BCUT2D eigenvalue weighted by molar-refractivity contribution is 5.62. The Hall–Kier alpha value is -2.30. The Bertz CT molecular complexity index is 795. The van der Waals surface area contributed by atoms with Crippen LogP contribution < -0.4 is 15.1 Å². The minimum absolute atomic E-state index is 0.560. The van der Waals surface area contributed by atoms with E-state index in [1.165, 1.54) is 37.8 Å². The number of nitrogens with zero attached hydrogens (tertiary/aromatic N) is 4. The SMILES string of the molecule is CCC1CCCCN1c1nc(C)cc(Nc2ccc(N3CCC(C)CC3)cc2)n1. The zero-order chi connectivity index (χ0) is 20.2. The molecule has 0 amide bonds. The molecule has 2 fully saturated rings. The van der Waals surface area contributed by atoms with Gasteiger partial charge >= 0.3 is 0 Å². The molecular weight excluding hydrogens is 358 g/mol. The first-order chi connectivity index (χ1) is 14.1. The predicted molar refractivity (Wildman–Crippen MR) is 122 cm³/mol. The number of aryl methyl sites for hydroxylation is 1. The highest BCUT2D eigenvalue weighted by atomic mass is 15.3. The molecule has 2 saturated heterocycles. The molecule has 156 valence electrons. The monoisotopic (exact) mass is 393 g/mol. The van der Waals surface area contributed by atoms with Crippen LogP contribution in [-0.2, 0) is 0 Å². The van der Waals surface area contributed by atoms with Crippen molar-refractivity contribution in [3.63, 3.8) is 0 Å². The summed E-state index contributed by atoms with van der Waals surface area (Å²) in [5, 5.41) is 3.50. The van der Waals surface area contributed by atoms with E-state index >= 15 is 0 Å². The maximum absolute atomic E-state index is 4.86. The Morgan fingerprint density at radius 1 is 1.00 bits per heavy atom. The van der Waals surface area contributed by atoms with Crippen LogP contribution in [0.2, 0.25) is 0 Å². The minimum Gasteiger partial charge on any atom is -0.372 e. The lowest BCUT2D eigenvalue weighted by molar-refractivity contribution is 0.438. The summed E-state index contributed by atoms with van der Waals surface area (Å²) in [6, 6.07) is 11.4. The van der Waals surface area contributed by atoms with Crippen LogP contribution in [0.3, 0.4) is 0 Å². The van der Waals surface area contributed by atoms with Gasteiger partial charge in [0, 0.05) is 48.8 Å². The second-order valence-corrected chi connectivity index (χ2v) is 8.79. The number of rotatable bonds is 5. The lowest BCUT2D eigenvalue weighted by Gasteiger charge is -2.35. The standard InChI is InChI=1S/C24H35N5/c1-4-21-7-5-6-14-29(21)24-25-19(3)17-23(27-24)26-20-8-10-22(11-9-20)28-15-12-18(2)13-16-28/h8-11,17-18,21H,4-7,12-16H2,1-3H3,(H,25,26,27). The van der Waals surface area contributed by atoms with Gasteiger partial charge in [0.1, 0.15) is 5.82 Å². The second kappa shape index (κ2) is 9.02. The van der Waals surface area contributed by atoms with Crippen molar-refractivity contribution in [2.75, 3.05) is 34.8 Å². The molecule has 1 aromatic heterocycles. The number of benzene rings is 1. The van der Waals surface area contributed by atoms with Crippen LogP contribution in [0.4, 0.5) is 23.1 Å². The summed E-state index contributed by atoms with van der Waals surface area (Å²) in [4.78, 5) is 14.5. The van der Waals surface area contributed by atoms with Crippen molar-refractivity contribution in [2.24, 2.45) is 5.92 Å². The van der Waals surface area contributed by atoms with Gasteiger partial charge in [-0.1, -0.05) is 13.8 Å². The van der Waals surface area contributed by atoms with E-state index in [0.29, 0.717) is 6.04 Å². The average molecular weight is 394 g/mol. The highest BCUT2D eigenvalue weighted by Crippen LogP contribution is 2.28. The molecule has 0 bridgehead atoms. The van der Waals surface area contributed by atoms with Crippen molar-refractivity contribution in [1.29, 1.82) is 0 Å². The van der Waals surface area contributed by atoms with Gasteiger partial charge in [0.25, 0.3) is 0 Å². The fourth-order valence-electron chi connectivity index (χ4n) is 4.60. The quantitative estimate of drug-likeness (QED) is 0.723. The Morgan fingerprint density at radius 3 is 2.48 bits per heavy atom. The van der Waals surface area contributed by atoms with Crippen LogP contribution in [-0.4, -0.2) is 35.6 Å². The van der Waals surface area contributed by atoms with E-state index in [9.17, 15) is 0 Å². The first-order valence-electron chi connectivity index (χ1n) is 11.4. The average Bonchev–Trinajstić information content (AvgIpc) is 2.74. The number of anilines is 4. The molecule has 1 N–H and O–H groups in total. The van der Waals surface area contributed by atoms with Gasteiger partial charge in [-0.25, -0.2) is 4.98 Å². The molecule has 4 rings (SSSR count). The molecule has 1 atom stereocenters. The molecule has 5 nitrogen and oxygen atoms in total. The van der Waals surface area contributed by atoms with Crippen LogP contribution in [0, 0.1) is 12.8 Å². The summed E-state index contributed by atoms with van der Waals surface area (Å²) in [6.45, 7) is 10.1. The summed E-state index contributed by atoms with van der Waals surface area (Å²) in [7, 11) is 0. The van der Waals surface area contributed by atoms with Gasteiger partial charge in [-0.05, 0) is 75.6 Å². The second-order valence-electron chi connectivity index (χ2n) is 8.79. The van der Waals surface area contributed by atoms with E-state index < -0.39 is 0 Å². The molecule has 1 aromatic carbocycles. The highest BCUT2D eigenvalue weighted by Gasteiger charge is 2.23. The zero-order valence-corrected chi connectivity index (χ0v) is 18.2. The van der Waals surface area contributed by atoms with Gasteiger partial charge in [-0.2, -0.15) is 4.98 Å². The van der Waals surface area contributed by atoms with Crippen molar-refractivity contribution >= 4 is 23.1 Å².